The number of nitrogens with zero attached hydrogens (tertiary/aromatic N) is 1. The van der Waals surface area contributed by atoms with Crippen LogP contribution < -0.4 is 17.1 Å². The average Bonchev–Trinajstić information content (AvgIpc) is 2.36. The Kier molecular flexibility index (Phi) is 2.32. The highest BCUT2D eigenvalue weighted by Crippen LogP contribution is 2.11. The van der Waals surface area contributed by atoms with Crippen LogP contribution in [0.15, 0.2) is 9.59 Å². The van der Waals surface area contributed by atoms with E-state index in [4.69, 9.17) is 5.73 Å². The largest absolute Gasteiger partial charge is 0.344 e. The lowest BCUT2D eigenvalue weighted by Gasteiger charge is -2.11. The van der Waals surface area contributed by atoms with Crippen LogP contribution in [-0.2, 0) is 6.54 Å². The van der Waals surface area contributed by atoms with Crippen molar-refractivity contribution in [1.82, 2.24) is 14.8 Å². The fourth-order valence-electron chi connectivity index (χ4n) is 0.774. The number of rotatable bonds is 3. The molecule has 0 unspecified atom stereocenters. The highest BCUT2D eigenvalue weighted by molar-refractivity contribution is 4.73. The topological polar surface area (TPSA) is 96.7 Å². The molecular formula is C5H8F2N4O2. The minimum Gasteiger partial charge on any atom is -0.325 e. The number of nitrogens with one attached hydrogen (secondary N) is 2. The van der Waals surface area contributed by atoms with E-state index in [1.807, 2.05) is 10.2 Å². The molecular weight excluding hydrogens is 186 g/mol. The summed E-state index contributed by atoms with van der Waals surface area (Å²) in [5.41, 5.74) is 2.93. The van der Waals surface area contributed by atoms with Gasteiger partial charge in [-0.15, -0.1) is 0 Å². The normalized spacial score (nSPS) is 11.9. The molecule has 0 bridgehead atoms. The number of nitrogens with two attached hydrogens (primary N) is 1. The Hall–Kier alpha value is -1.44. The van der Waals surface area contributed by atoms with Crippen molar-refractivity contribution >= 4 is 0 Å². The van der Waals surface area contributed by atoms with Crippen molar-refractivity contribution in [3.63, 3.8) is 0 Å². The summed E-state index contributed by atoms with van der Waals surface area (Å²) in [6, 6.07) is 0. The van der Waals surface area contributed by atoms with Gasteiger partial charge in [-0.05, 0) is 0 Å². The zero-order valence-corrected chi connectivity index (χ0v) is 6.51. The van der Waals surface area contributed by atoms with Crippen LogP contribution >= 0.6 is 0 Å². The lowest BCUT2D eigenvalue weighted by Crippen LogP contribution is -2.39. The number of aromatic amines is 2. The molecule has 0 atom stereocenters. The SMILES string of the molecule is NCC(F)(F)Cn1c(=O)[nH][nH]c1=O. The summed E-state index contributed by atoms with van der Waals surface area (Å²) in [6.45, 7) is -1.93. The fourth-order valence-corrected chi connectivity index (χ4v) is 0.774. The third-order valence-electron chi connectivity index (χ3n) is 1.45. The van der Waals surface area contributed by atoms with E-state index >= 15 is 0 Å². The number of alkyl halides is 2. The first kappa shape index (κ1) is 9.65. The van der Waals surface area contributed by atoms with Crippen molar-refractivity contribution in [2.45, 2.75) is 12.5 Å². The maximum atomic E-state index is 12.6. The Balaban J connectivity index is 2.99. The van der Waals surface area contributed by atoms with Gasteiger partial charge >= 0.3 is 11.4 Å². The second-order valence-corrected chi connectivity index (χ2v) is 2.51. The van der Waals surface area contributed by atoms with Crippen molar-refractivity contribution in [3.05, 3.63) is 21.0 Å². The van der Waals surface area contributed by atoms with E-state index in [-0.39, 0.29) is 0 Å². The van der Waals surface area contributed by atoms with Crippen molar-refractivity contribution in [3.8, 4) is 0 Å². The van der Waals surface area contributed by atoms with E-state index in [1.165, 1.54) is 0 Å². The van der Waals surface area contributed by atoms with Gasteiger partial charge in [0.25, 0.3) is 5.92 Å². The van der Waals surface area contributed by atoms with Crippen molar-refractivity contribution in [1.29, 1.82) is 0 Å². The van der Waals surface area contributed by atoms with Gasteiger partial charge in [0, 0.05) is 0 Å². The Morgan fingerprint density at radius 1 is 1.31 bits per heavy atom. The van der Waals surface area contributed by atoms with Crippen LogP contribution in [0.4, 0.5) is 8.78 Å². The lowest BCUT2D eigenvalue weighted by molar-refractivity contribution is -0.00831. The van der Waals surface area contributed by atoms with Crippen LogP contribution in [0.2, 0.25) is 0 Å². The van der Waals surface area contributed by atoms with Gasteiger partial charge in [-0.2, -0.15) is 0 Å². The third-order valence-corrected chi connectivity index (χ3v) is 1.45. The molecule has 0 aromatic carbocycles. The Bertz CT molecular complexity index is 362. The summed E-state index contributed by atoms with van der Waals surface area (Å²) in [7, 11) is 0. The number of aromatic nitrogens is 3. The predicted octanol–water partition coefficient (Wildman–Crippen LogP) is -1.54. The summed E-state index contributed by atoms with van der Waals surface area (Å²) >= 11 is 0. The maximum Gasteiger partial charge on any atom is 0.344 e. The lowest BCUT2D eigenvalue weighted by atomic mass is 10.3. The van der Waals surface area contributed by atoms with E-state index in [1.54, 1.807) is 0 Å². The quantitative estimate of drug-likeness (QED) is 0.544. The van der Waals surface area contributed by atoms with E-state index in [0.29, 0.717) is 4.57 Å². The van der Waals surface area contributed by atoms with Crippen molar-refractivity contribution in [2.75, 3.05) is 6.54 Å². The predicted molar refractivity (Wildman–Crippen MR) is 39.7 cm³/mol. The zero-order valence-electron chi connectivity index (χ0n) is 6.51. The average molecular weight is 194 g/mol. The van der Waals surface area contributed by atoms with Crippen LogP contribution in [0, 0.1) is 0 Å². The van der Waals surface area contributed by atoms with Gasteiger partial charge in [-0.1, -0.05) is 0 Å². The van der Waals surface area contributed by atoms with Crippen LogP contribution in [0.5, 0.6) is 0 Å². The number of hydrogen-bond acceptors (Lipinski definition) is 3. The monoisotopic (exact) mass is 194 g/mol. The Morgan fingerprint density at radius 3 is 2.15 bits per heavy atom. The van der Waals surface area contributed by atoms with Gasteiger partial charge in [0.15, 0.2) is 0 Å². The molecule has 8 heteroatoms. The molecule has 0 spiro atoms. The minimum atomic E-state index is -3.25. The summed E-state index contributed by atoms with van der Waals surface area (Å²) in [6.07, 6.45) is 0. The second-order valence-electron chi connectivity index (χ2n) is 2.51. The number of halogens is 2. The van der Waals surface area contributed by atoms with Crippen molar-refractivity contribution in [2.24, 2.45) is 5.73 Å². The van der Waals surface area contributed by atoms with Gasteiger partial charge < -0.3 is 5.73 Å². The Morgan fingerprint density at radius 2 is 1.77 bits per heavy atom. The molecule has 1 aromatic rings. The second kappa shape index (κ2) is 3.13. The molecule has 1 rings (SSSR count). The van der Waals surface area contributed by atoms with Crippen LogP contribution in [0.1, 0.15) is 0 Å². The van der Waals surface area contributed by atoms with Gasteiger partial charge in [0.2, 0.25) is 0 Å². The van der Waals surface area contributed by atoms with E-state index in [2.05, 4.69) is 0 Å². The first-order chi connectivity index (χ1) is 5.96. The standard InChI is InChI=1S/C5H8F2N4O2/c6-5(7,1-8)2-11-3(12)9-10-4(11)13/h1-2,8H2,(H,9,12)(H,10,13). The molecule has 0 saturated carbocycles. The highest BCUT2D eigenvalue weighted by Gasteiger charge is 2.29. The third kappa shape index (κ3) is 2.02. The molecule has 1 heterocycles. The molecule has 0 aliphatic rings. The molecule has 0 saturated heterocycles. The highest BCUT2D eigenvalue weighted by atomic mass is 19.3. The first-order valence-electron chi connectivity index (χ1n) is 3.42. The van der Waals surface area contributed by atoms with Crippen LogP contribution in [-0.4, -0.2) is 27.2 Å². The van der Waals surface area contributed by atoms with Gasteiger partial charge in [-0.3, -0.25) is 0 Å². The molecule has 1 aromatic heterocycles. The molecule has 4 N–H and O–H groups in total. The van der Waals surface area contributed by atoms with E-state index in [9.17, 15) is 18.4 Å². The molecule has 0 aliphatic heterocycles. The smallest absolute Gasteiger partial charge is 0.325 e. The van der Waals surface area contributed by atoms with Gasteiger partial charge in [0.1, 0.15) is 0 Å². The molecule has 0 fully saturated rings. The maximum absolute atomic E-state index is 12.6. The van der Waals surface area contributed by atoms with Gasteiger partial charge in [0.05, 0.1) is 13.1 Å². The molecule has 13 heavy (non-hydrogen) atoms. The number of H-pyrrole nitrogens is 2. The van der Waals surface area contributed by atoms with Gasteiger partial charge in [-0.25, -0.2) is 33.1 Å². The van der Waals surface area contributed by atoms with Crippen LogP contribution in [0.25, 0.3) is 0 Å². The first-order valence-corrected chi connectivity index (χ1v) is 3.42. The van der Waals surface area contributed by atoms with Crippen molar-refractivity contribution < 1.29 is 8.78 Å². The van der Waals surface area contributed by atoms with E-state index < -0.39 is 30.4 Å². The number of hydrogen-bond donors (Lipinski definition) is 3. The summed E-state index contributed by atoms with van der Waals surface area (Å²) < 4.78 is 25.6. The molecule has 0 amide bonds. The Labute approximate surface area is 70.3 Å². The fraction of sp³-hybridized carbons (Fsp3) is 0.600. The summed E-state index contributed by atoms with van der Waals surface area (Å²) in [4.78, 5) is 21.5. The molecule has 74 valence electrons. The molecule has 0 radical (unpaired) electrons. The summed E-state index contributed by atoms with van der Waals surface area (Å²) in [5.74, 6) is -3.25. The summed E-state index contributed by atoms with van der Waals surface area (Å²) in [5, 5.41) is 3.76. The zero-order chi connectivity index (χ0) is 10.1. The molecule has 6 nitrogen and oxygen atoms in total. The van der Waals surface area contributed by atoms with E-state index in [0.717, 1.165) is 0 Å². The van der Waals surface area contributed by atoms with Crippen LogP contribution in [0.3, 0.4) is 0 Å². The molecule has 0 aliphatic carbocycles. The minimum absolute atomic E-state index is 0.354.